The largest absolute Gasteiger partial charge is 0.308 e. The Morgan fingerprint density at radius 2 is 1.85 bits per heavy atom. The lowest BCUT2D eigenvalue weighted by atomic mass is 10.1. The Morgan fingerprint density at radius 3 is 2.55 bits per heavy atom. The van der Waals surface area contributed by atoms with Crippen LogP contribution in [0.3, 0.4) is 0 Å². The lowest BCUT2D eigenvalue weighted by Crippen LogP contribution is -2.14. The summed E-state index contributed by atoms with van der Waals surface area (Å²) in [5.41, 5.74) is 1.52. The molecular weight excluding hydrogens is 299 g/mol. The van der Waals surface area contributed by atoms with Gasteiger partial charge in [-0.1, -0.05) is 41.4 Å². The SMILES string of the molecule is O=[N+]([O-])c1cccc(Cl)c1CNCc1cccc(Cl)c1. The van der Waals surface area contributed by atoms with Crippen molar-refractivity contribution < 1.29 is 4.92 Å². The van der Waals surface area contributed by atoms with Crippen molar-refractivity contribution in [2.24, 2.45) is 0 Å². The highest BCUT2D eigenvalue weighted by Gasteiger charge is 2.15. The maximum absolute atomic E-state index is 11.0. The molecule has 0 aliphatic rings. The van der Waals surface area contributed by atoms with Crippen LogP contribution in [0, 0.1) is 10.1 Å². The summed E-state index contributed by atoms with van der Waals surface area (Å²) in [5.74, 6) is 0. The first-order valence-electron chi connectivity index (χ1n) is 5.95. The number of hydrogen-bond acceptors (Lipinski definition) is 3. The van der Waals surface area contributed by atoms with Crippen LogP contribution in [0.4, 0.5) is 5.69 Å². The summed E-state index contributed by atoms with van der Waals surface area (Å²) in [7, 11) is 0. The summed E-state index contributed by atoms with van der Waals surface area (Å²) in [6, 6.07) is 12.1. The van der Waals surface area contributed by atoms with E-state index in [2.05, 4.69) is 5.32 Å². The molecule has 0 unspecified atom stereocenters. The van der Waals surface area contributed by atoms with Gasteiger partial charge in [0.25, 0.3) is 5.69 Å². The summed E-state index contributed by atoms with van der Waals surface area (Å²) >= 11 is 11.9. The van der Waals surface area contributed by atoms with Crippen LogP contribution in [-0.2, 0) is 13.1 Å². The predicted octanol–water partition coefficient (Wildman–Crippen LogP) is 4.19. The lowest BCUT2D eigenvalue weighted by molar-refractivity contribution is -0.385. The van der Waals surface area contributed by atoms with E-state index in [1.54, 1.807) is 18.2 Å². The van der Waals surface area contributed by atoms with Crippen LogP contribution in [0.25, 0.3) is 0 Å². The highest BCUT2D eigenvalue weighted by Crippen LogP contribution is 2.26. The molecule has 2 rings (SSSR count). The van der Waals surface area contributed by atoms with Crippen LogP contribution in [-0.4, -0.2) is 4.92 Å². The summed E-state index contributed by atoms with van der Waals surface area (Å²) in [6.45, 7) is 0.880. The molecule has 0 amide bonds. The van der Waals surface area contributed by atoms with E-state index in [0.717, 1.165) is 5.56 Å². The van der Waals surface area contributed by atoms with Crippen molar-refractivity contribution >= 4 is 28.9 Å². The van der Waals surface area contributed by atoms with E-state index < -0.39 is 4.92 Å². The average Bonchev–Trinajstić information content (AvgIpc) is 2.40. The summed E-state index contributed by atoms with van der Waals surface area (Å²) < 4.78 is 0. The number of benzene rings is 2. The predicted molar refractivity (Wildman–Crippen MR) is 80.1 cm³/mol. The molecule has 0 fully saturated rings. The molecule has 0 radical (unpaired) electrons. The molecule has 2 aromatic rings. The normalized spacial score (nSPS) is 10.5. The molecule has 0 saturated carbocycles. The topological polar surface area (TPSA) is 55.2 Å². The van der Waals surface area contributed by atoms with E-state index in [1.807, 2.05) is 18.2 Å². The van der Waals surface area contributed by atoms with Crippen LogP contribution < -0.4 is 5.32 Å². The van der Waals surface area contributed by atoms with Crippen molar-refractivity contribution in [3.63, 3.8) is 0 Å². The third-order valence-corrected chi connectivity index (χ3v) is 3.40. The van der Waals surface area contributed by atoms with Crippen LogP contribution in [0.2, 0.25) is 10.0 Å². The zero-order valence-corrected chi connectivity index (χ0v) is 12.0. The van der Waals surface area contributed by atoms with Gasteiger partial charge in [0, 0.05) is 24.2 Å². The summed E-state index contributed by atoms with van der Waals surface area (Å²) in [6.07, 6.45) is 0. The highest BCUT2D eigenvalue weighted by molar-refractivity contribution is 6.31. The lowest BCUT2D eigenvalue weighted by Gasteiger charge is -2.08. The molecule has 104 valence electrons. The average molecular weight is 311 g/mol. The fourth-order valence-corrected chi connectivity index (χ4v) is 2.32. The van der Waals surface area contributed by atoms with E-state index in [-0.39, 0.29) is 5.69 Å². The molecule has 0 aromatic heterocycles. The fraction of sp³-hybridized carbons (Fsp3) is 0.143. The molecule has 1 N–H and O–H groups in total. The van der Waals surface area contributed by atoms with Gasteiger partial charge in [-0.25, -0.2) is 0 Å². The second-order valence-corrected chi connectivity index (χ2v) is 5.07. The summed E-state index contributed by atoms with van der Waals surface area (Å²) in [4.78, 5) is 10.5. The molecule has 0 spiro atoms. The molecule has 0 saturated heterocycles. The zero-order valence-electron chi connectivity index (χ0n) is 10.5. The monoisotopic (exact) mass is 310 g/mol. The van der Waals surface area contributed by atoms with Crippen molar-refractivity contribution in [1.82, 2.24) is 5.32 Å². The second kappa shape index (κ2) is 6.70. The molecule has 0 atom stereocenters. The first-order valence-corrected chi connectivity index (χ1v) is 6.70. The number of nitro benzene ring substituents is 1. The second-order valence-electron chi connectivity index (χ2n) is 4.23. The standard InChI is InChI=1S/C14H12Cl2N2O2/c15-11-4-1-3-10(7-11)8-17-9-12-13(16)5-2-6-14(12)18(19)20/h1-7,17H,8-9H2. The molecule has 0 bridgehead atoms. The van der Waals surface area contributed by atoms with E-state index in [1.165, 1.54) is 6.07 Å². The van der Waals surface area contributed by atoms with Crippen molar-refractivity contribution in [3.05, 3.63) is 73.8 Å². The Balaban J connectivity index is 2.06. The molecule has 6 heteroatoms. The van der Waals surface area contributed by atoms with Gasteiger partial charge in [-0.15, -0.1) is 0 Å². The Bertz CT molecular complexity index is 632. The molecule has 2 aromatic carbocycles. The minimum atomic E-state index is -0.428. The van der Waals surface area contributed by atoms with E-state index in [9.17, 15) is 10.1 Å². The Labute approximate surface area is 126 Å². The van der Waals surface area contributed by atoms with Crippen molar-refractivity contribution in [3.8, 4) is 0 Å². The van der Waals surface area contributed by atoms with Crippen molar-refractivity contribution in [2.45, 2.75) is 13.1 Å². The van der Waals surface area contributed by atoms with Gasteiger partial charge < -0.3 is 5.32 Å². The van der Waals surface area contributed by atoms with E-state index >= 15 is 0 Å². The van der Waals surface area contributed by atoms with Crippen LogP contribution in [0.15, 0.2) is 42.5 Å². The summed E-state index contributed by atoms with van der Waals surface area (Å²) in [5, 5.41) is 15.1. The van der Waals surface area contributed by atoms with Gasteiger partial charge >= 0.3 is 0 Å². The molecule has 0 aliphatic heterocycles. The maximum atomic E-state index is 11.0. The van der Waals surface area contributed by atoms with Crippen LogP contribution >= 0.6 is 23.2 Å². The number of nitrogens with one attached hydrogen (secondary N) is 1. The number of nitrogens with zero attached hydrogens (tertiary/aromatic N) is 1. The van der Waals surface area contributed by atoms with Gasteiger partial charge in [0.05, 0.1) is 15.5 Å². The number of nitro groups is 1. The molecule has 0 aliphatic carbocycles. The van der Waals surface area contributed by atoms with Crippen molar-refractivity contribution in [1.29, 1.82) is 0 Å². The Morgan fingerprint density at radius 1 is 1.10 bits per heavy atom. The van der Waals surface area contributed by atoms with E-state index in [4.69, 9.17) is 23.2 Å². The van der Waals surface area contributed by atoms with Gasteiger partial charge in [0.1, 0.15) is 0 Å². The van der Waals surface area contributed by atoms with Crippen LogP contribution in [0.1, 0.15) is 11.1 Å². The minimum absolute atomic E-state index is 0.0242. The quantitative estimate of drug-likeness (QED) is 0.665. The molecular formula is C14H12Cl2N2O2. The third kappa shape index (κ3) is 3.70. The smallest absolute Gasteiger partial charge is 0.275 e. The van der Waals surface area contributed by atoms with Crippen LogP contribution in [0.5, 0.6) is 0 Å². The van der Waals surface area contributed by atoms with Gasteiger partial charge in [0.2, 0.25) is 0 Å². The van der Waals surface area contributed by atoms with E-state index in [0.29, 0.717) is 28.7 Å². The maximum Gasteiger partial charge on any atom is 0.275 e. The van der Waals surface area contributed by atoms with Gasteiger partial charge in [-0.3, -0.25) is 10.1 Å². The van der Waals surface area contributed by atoms with Gasteiger partial charge in [-0.05, 0) is 23.8 Å². The minimum Gasteiger partial charge on any atom is -0.308 e. The Kier molecular flexibility index (Phi) is 4.95. The third-order valence-electron chi connectivity index (χ3n) is 2.81. The number of rotatable bonds is 5. The first-order chi connectivity index (χ1) is 9.58. The molecule has 20 heavy (non-hydrogen) atoms. The Hall–Kier alpha value is -1.62. The number of hydrogen-bond donors (Lipinski definition) is 1. The van der Waals surface area contributed by atoms with Gasteiger partial charge in [-0.2, -0.15) is 0 Å². The number of halogens is 2. The molecule has 0 heterocycles. The van der Waals surface area contributed by atoms with Gasteiger partial charge in [0.15, 0.2) is 0 Å². The zero-order chi connectivity index (χ0) is 14.5. The first kappa shape index (κ1) is 14.8. The molecule has 4 nitrogen and oxygen atoms in total. The van der Waals surface area contributed by atoms with Crippen molar-refractivity contribution in [2.75, 3.05) is 0 Å². The highest BCUT2D eigenvalue weighted by atomic mass is 35.5. The fourth-order valence-electron chi connectivity index (χ4n) is 1.87.